The van der Waals surface area contributed by atoms with Gasteiger partial charge >= 0.3 is 0 Å². The van der Waals surface area contributed by atoms with Crippen LogP contribution in [0.3, 0.4) is 0 Å². The summed E-state index contributed by atoms with van der Waals surface area (Å²) in [4.78, 5) is 4.08. The van der Waals surface area contributed by atoms with E-state index < -0.39 is 0 Å². The van der Waals surface area contributed by atoms with Gasteiger partial charge < -0.3 is 10.1 Å². The van der Waals surface area contributed by atoms with Gasteiger partial charge in [0.1, 0.15) is 5.75 Å². The second-order valence-electron chi connectivity index (χ2n) is 3.35. The Morgan fingerprint density at radius 2 is 2.36 bits per heavy atom. The lowest BCUT2D eigenvalue weighted by Gasteiger charge is -2.15. The molecule has 0 saturated carbocycles. The van der Waals surface area contributed by atoms with Gasteiger partial charge in [0.2, 0.25) is 0 Å². The summed E-state index contributed by atoms with van der Waals surface area (Å²) in [6.07, 6.45) is 4.87. The van der Waals surface area contributed by atoms with Crippen LogP contribution in [0.2, 0.25) is 0 Å². The van der Waals surface area contributed by atoms with E-state index in [0.717, 1.165) is 24.3 Å². The molecule has 0 radical (unpaired) electrons. The molecule has 1 unspecified atom stereocenters. The molecule has 78 valence electrons. The van der Waals surface area contributed by atoms with E-state index >= 15 is 0 Å². The topological polar surface area (TPSA) is 34.1 Å². The quantitative estimate of drug-likeness (QED) is 0.778. The van der Waals surface area contributed by atoms with Crippen molar-refractivity contribution in [1.29, 1.82) is 0 Å². The van der Waals surface area contributed by atoms with Gasteiger partial charge in [-0.05, 0) is 26.5 Å². The average Bonchev–Trinajstić information content (AvgIpc) is 2.21. The molecule has 1 rings (SSSR count). The predicted molar refractivity (Wildman–Crippen MR) is 57.4 cm³/mol. The molecule has 0 aliphatic carbocycles. The molecular weight excluding hydrogens is 176 g/mol. The zero-order valence-corrected chi connectivity index (χ0v) is 9.08. The van der Waals surface area contributed by atoms with E-state index in [9.17, 15) is 0 Å². The van der Waals surface area contributed by atoms with E-state index in [4.69, 9.17) is 4.74 Å². The first-order valence-corrected chi connectivity index (χ1v) is 5.02. The lowest BCUT2D eigenvalue weighted by molar-refractivity contribution is 0.215. The molecule has 0 amide bonds. The summed E-state index contributed by atoms with van der Waals surface area (Å²) in [6.45, 7) is 4.98. The summed E-state index contributed by atoms with van der Waals surface area (Å²) in [7, 11) is 1.92. The van der Waals surface area contributed by atoms with Crippen molar-refractivity contribution in [2.75, 3.05) is 7.05 Å². The first-order chi connectivity index (χ1) is 6.77. The Hall–Kier alpha value is -1.09. The fourth-order valence-corrected chi connectivity index (χ4v) is 1.15. The number of aromatic nitrogens is 1. The maximum atomic E-state index is 5.77. The number of nitrogens with one attached hydrogen (secondary N) is 1. The van der Waals surface area contributed by atoms with Gasteiger partial charge in [-0.1, -0.05) is 6.92 Å². The van der Waals surface area contributed by atoms with E-state index in [1.165, 1.54) is 0 Å². The molecule has 1 heterocycles. The van der Waals surface area contributed by atoms with Crippen LogP contribution in [-0.2, 0) is 6.54 Å². The first kappa shape index (κ1) is 11.0. The van der Waals surface area contributed by atoms with Gasteiger partial charge in [0.15, 0.2) is 0 Å². The molecule has 1 atom stereocenters. The van der Waals surface area contributed by atoms with Crippen molar-refractivity contribution in [3.63, 3.8) is 0 Å². The fourth-order valence-electron chi connectivity index (χ4n) is 1.15. The third-order valence-corrected chi connectivity index (χ3v) is 2.13. The number of rotatable bonds is 5. The summed E-state index contributed by atoms with van der Waals surface area (Å²) < 4.78 is 5.77. The molecule has 0 saturated heterocycles. The van der Waals surface area contributed by atoms with Gasteiger partial charge in [-0.15, -0.1) is 0 Å². The average molecular weight is 194 g/mol. The number of nitrogens with zero attached hydrogens (tertiary/aromatic N) is 1. The van der Waals surface area contributed by atoms with Crippen LogP contribution in [0.1, 0.15) is 25.8 Å². The molecular formula is C11H18N2O. The maximum Gasteiger partial charge on any atom is 0.127 e. The van der Waals surface area contributed by atoms with Crippen molar-refractivity contribution >= 4 is 0 Å². The number of hydrogen-bond donors (Lipinski definition) is 1. The van der Waals surface area contributed by atoms with Crippen molar-refractivity contribution in [2.45, 2.75) is 32.9 Å². The normalized spacial score (nSPS) is 12.5. The molecule has 1 aromatic rings. The Morgan fingerprint density at radius 1 is 1.57 bits per heavy atom. The molecule has 0 spiro atoms. The van der Waals surface area contributed by atoms with Gasteiger partial charge in [0.05, 0.1) is 6.10 Å². The lowest BCUT2D eigenvalue weighted by Crippen LogP contribution is -2.13. The molecule has 1 N–H and O–H groups in total. The molecule has 0 fully saturated rings. The smallest absolute Gasteiger partial charge is 0.127 e. The summed E-state index contributed by atoms with van der Waals surface area (Å²) in [5, 5.41) is 3.10. The van der Waals surface area contributed by atoms with Gasteiger partial charge in [0, 0.05) is 24.5 Å². The minimum Gasteiger partial charge on any atom is -0.490 e. The second-order valence-corrected chi connectivity index (χ2v) is 3.35. The van der Waals surface area contributed by atoms with E-state index in [0.29, 0.717) is 0 Å². The Labute approximate surface area is 85.5 Å². The van der Waals surface area contributed by atoms with Crippen molar-refractivity contribution < 1.29 is 4.74 Å². The highest BCUT2D eigenvalue weighted by Gasteiger charge is 2.05. The molecule has 3 nitrogen and oxygen atoms in total. The zero-order chi connectivity index (χ0) is 10.4. The van der Waals surface area contributed by atoms with Crippen LogP contribution in [0.5, 0.6) is 5.75 Å². The van der Waals surface area contributed by atoms with Crippen LogP contribution in [0.4, 0.5) is 0 Å². The summed E-state index contributed by atoms with van der Waals surface area (Å²) >= 11 is 0. The van der Waals surface area contributed by atoms with Crippen LogP contribution in [0.15, 0.2) is 18.5 Å². The SMILES string of the molecule is CCC(C)Oc1ccncc1CNC. The third-order valence-electron chi connectivity index (χ3n) is 2.13. The molecule has 0 aliphatic rings. The van der Waals surface area contributed by atoms with Crippen molar-refractivity contribution in [1.82, 2.24) is 10.3 Å². The van der Waals surface area contributed by atoms with Crippen LogP contribution < -0.4 is 10.1 Å². The molecule has 0 aliphatic heterocycles. The molecule has 0 bridgehead atoms. The minimum absolute atomic E-state index is 0.257. The largest absolute Gasteiger partial charge is 0.490 e. The van der Waals surface area contributed by atoms with Crippen LogP contribution >= 0.6 is 0 Å². The third kappa shape index (κ3) is 3.00. The monoisotopic (exact) mass is 194 g/mol. The van der Waals surface area contributed by atoms with Gasteiger partial charge in [-0.25, -0.2) is 0 Å². The van der Waals surface area contributed by atoms with Gasteiger partial charge in [-0.2, -0.15) is 0 Å². The summed E-state index contributed by atoms with van der Waals surface area (Å²) in [5.41, 5.74) is 1.11. The van der Waals surface area contributed by atoms with Crippen molar-refractivity contribution in [3.8, 4) is 5.75 Å². The van der Waals surface area contributed by atoms with E-state index in [-0.39, 0.29) is 6.10 Å². The van der Waals surface area contributed by atoms with Crippen LogP contribution in [0, 0.1) is 0 Å². The molecule has 0 aromatic carbocycles. The lowest BCUT2D eigenvalue weighted by atomic mass is 10.2. The number of ether oxygens (including phenoxy) is 1. The minimum atomic E-state index is 0.257. The molecule has 14 heavy (non-hydrogen) atoms. The highest BCUT2D eigenvalue weighted by Crippen LogP contribution is 2.18. The highest BCUT2D eigenvalue weighted by atomic mass is 16.5. The zero-order valence-electron chi connectivity index (χ0n) is 9.08. The van der Waals surface area contributed by atoms with Crippen molar-refractivity contribution in [2.24, 2.45) is 0 Å². The van der Waals surface area contributed by atoms with Gasteiger partial charge in [-0.3, -0.25) is 4.98 Å². The standard InChI is InChI=1S/C11H18N2O/c1-4-9(2)14-11-5-6-13-8-10(11)7-12-3/h5-6,8-9,12H,4,7H2,1-3H3. The number of hydrogen-bond acceptors (Lipinski definition) is 3. The Kier molecular flexibility index (Phi) is 4.40. The number of pyridine rings is 1. The van der Waals surface area contributed by atoms with E-state index in [1.54, 1.807) is 6.20 Å². The summed E-state index contributed by atoms with van der Waals surface area (Å²) in [6, 6.07) is 1.92. The Balaban J connectivity index is 2.73. The van der Waals surface area contributed by atoms with Crippen molar-refractivity contribution in [3.05, 3.63) is 24.0 Å². The van der Waals surface area contributed by atoms with Gasteiger partial charge in [0.25, 0.3) is 0 Å². The van der Waals surface area contributed by atoms with E-state index in [2.05, 4.69) is 24.1 Å². The Morgan fingerprint density at radius 3 is 3.00 bits per heavy atom. The molecule has 3 heteroatoms. The highest BCUT2D eigenvalue weighted by molar-refractivity contribution is 5.30. The first-order valence-electron chi connectivity index (χ1n) is 5.02. The van der Waals surface area contributed by atoms with Crippen LogP contribution in [-0.4, -0.2) is 18.1 Å². The van der Waals surface area contributed by atoms with Crippen LogP contribution in [0.25, 0.3) is 0 Å². The van der Waals surface area contributed by atoms with E-state index in [1.807, 2.05) is 19.3 Å². The maximum absolute atomic E-state index is 5.77. The second kappa shape index (κ2) is 5.60. The summed E-state index contributed by atoms with van der Waals surface area (Å²) in [5.74, 6) is 0.934. The fraction of sp³-hybridized carbons (Fsp3) is 0.545. The molecule has 1 aromatic heterocycles. The predicted octanol–water partition coefficient (Wildman–Crippen LogP) is 1.98. The Bertz CT molecular complexity index is 276.